The summed E-state index contributed by atoms with van der Waals surface area (Å²) in [5.74, 6) is 0.0696. The van der Waals surface area contributed by atoms with E-state index < -0.39 is 0 Å². The maximum absolute atomic E-state index is 12.4. The molecule has 28 heavy (non-hydrogen) atoms. The lowest BCUT2D eigenvalue weighted by Gasteiger charge is -2.09. The van der Waals surface area contributed by atoms with Gasteiger partial charge in [-0.05, 0) is 61.4 Å². The lowest BCUT2D eigenvalue weighted by atomic mass is 10.1. The Labute approximate surface area is 163 Å². The van der Waals surface area contributed by atoms with Gasteiger partial charge >= 0.3 is 0 Å². The lowest BCUT2D eigenvalue weighted by molar-refractivity contribution is -0.114. The van der Waals surface area contributed by atoms with E-state index in [9.17, 15) is 9.59 Å². The van der Waals surface area contributed by atoms with Gasteiger partial charge in [-0.1, -0.05) is 6.07 Å². The van der Waals surface area contributed by atoms with E-state index in [1.54, 1.807) is 12.1 Å². The highest BCUT2D eigenvalue weighted by molar-refractivity contribution is 6.02. The average Bonchev–Trinajstić information content (AvgIpc) is 2.62. The fraction of sp³-hybridized carbons (Fsp3) is 0.143. The van der Waals surface area contributed by atoms with E-state index in [-0.39, 0.29) is 17.5 Å². The van der Waals surface area contributed by atoms with Crippen molar-refractivity contribution >= 4 is 34.7 Å². The van der Waals surface area contributed by atoms with Gasteiger partial charge in [-0.25, -0.2) is 9.97 Å². The highest BCUT2D eigenvalue weighted by Gasteiger charge is 2.09. The molecule has 0 atom stereocenters. The third-order valence-electron chi connectivity index (χ3n) is 3.84. The summed E-state index contributed by atoms with van der Waals surface area (Å²) >= 11 is 0. The van der Waals surface area contributed by atoms with Gasteiger partial charge < -0.3 is 16.0 Å². The highest BCUT2D eigenvalue weighted by atomic mass is 16.2. The largest absolute Gasteiger partial charge is 0.339 e. The van der Waals surface area contributed by atoms with Crippen LogP contribution in [0.4, 0.5) is 22.9 Å². The molecule has 1 aromatic heterocycles. The molecular formula is C21H21N5O2. The summed E-state index contributed by atoms with van der Waals surface area (Å²) in [4.78, 5) is 31.8. The van der Waals surface area contributed by atoms with Gasteiger partial charge in [-0.2, -0.15) is 0 Å². The van der Waals surface area contributed by atoms with Crippen LogP contribution in [0.3, 0.4) is 0 Å². The molecule has 3 aromatic rings. The monoisotopic (exact) mass is 375 g/mol. The number of amides is 2. The second kappa shape index (κ2) is 8.30. The first-order valence-electron chi connectivity index (χ1n) is 8.75. The average molecular weight is 375 g/mol. The van der Waals surface area contributed by atoms with Gasteiger partial charge in [0.25, 0.3) is 5.91 Å². The smallest absolute Gasteiger partial charge is 0.275 e. The van der Waals surface area contributed by atoms with Crippen LogP contribution in [0.1, 0.15) is 28.5 Å². The summed E-state index contributed by atoms with van der Waals surface area (Å²) < 4.78 is 0. The predicted octanol–water partition coefficient (Wildman–Crippen LogP) is 4.05. The Balaban J connectivity index is 1.64. The van der Waals surface area contributed by atoms with Gasteiger partial charge in [-0.3, -0.25) is 9.59 Å². The van der Waals surface area contributed by atoms with E-state index in [1.165, 1.54) is 19.3 Å². The van der Waals surface area contributed by atoms with E-state index >= 15 is 0 Å². The number of nitrogens with zero attached hydrogens (tertiary/aromatic N) is 2. The summed E-state index contributed by atoms with van der Waals surface area (Å²) in [5, 5.41) is 8.64. The van der Waals surface area contributed by atoms with E-state index in [4.69, 9.17) is 0 Å². The number of nitrogens with one attached hydrogen (secondary N) is 3. The molecule has 2 amide bonds. The fourth-order valence-corrected chi connectivity index (χ4v) is 2.74. The normalized spacial score (nSPS) is 10.2. The number of rotatable bonds is 5. The van der Waals surface area contributed by atoms with Gasteiger partial charge in [0.05, 0.1) is 12.4 Å². The lowest BCUT2D eigenvalue weighted by Crippen LogP contribution is -2.14. The molecular weight excluding hydrogens is 354 g/mol. The molecule has 7 heteroatoms. The number of carbonyl (C=O) groups excluding carboxylic acids is 2. The molecule has 0 spiro atoms. The molecule has 0 bridgehead atoms. The zero-order valence-corrected chi connectivity index (χ0v) is 15.9. The first-order valence-corrected chi connectivity index (χ1v) is 8.75. The van der Waals surface area contributed by atoms with E-state index in [0.29, 0.717) is 11.5 Å². The number of hydrogen-bond donors (Lipinski definition) is 3. The zero-order valence-electron chi connectivity index (χ0n) is 15.9. The molecule has 0 aliphatic carbocycles. The van der Waals surface area contributed by atoms with Crippen LogP contribution in [0.25, 0.3) is 0 Å². The quantitative estimate of drug-likeness (QED) is 0.625. The summed E-state index contributed by atoms with van der Waals surface area (Å²) in [6, 6.07) is 13.0. The number of benzene rings is 2. The third-order valence-corrected chi connectivity index (χ3v) is 3.84. The predicted molar refractivity (Wildman–Crippen MR) is 110 cm³/mol. The molecule has 0 saturated carbocycles. The Morgan fingerprint density at radius 1 is 0.786 bits per heavy atom. The Bertz CT molecular complexity index is 978. The molecule has 142 valence electrons. The van der Waals surface area contributed by atoms with Crippen molar-refractivity contribution in [3.05, 3.63) is 71.7 Å². The molecule has 3 N–H and O–H groups in total. The molecule has 0 unspecified atom stereocenters. The van der Waals surface area contributed by atoms with Gasteiger partial charge in [0.15, 0.2) is 0 Å². The van der Waals surface area contributed by atoms with Crippen molar-refractivity contribution in [3.8, 4) is 0 Å². The second-order valence-electron chi connectivity index (χ2n) is 6.50. The Hall–Kier alpha value is -3.74. The molecule has 0 fully saturated rings. The molecule has 2 aromatic carbocycles. The van der Waals surface area contributed by atoms with E-state index in [2.05, 4.69) is 25.9 Å². The van der Waals surface area contributed by atoms with Crippen LogP contribution in [-0.2, 0) is 4.79 Å². The van der Waals surface area contributed by atoms with Crippen molar-refractivity contribution in [1.82, 2.24) is 9.97 Å². The minimum atomic E-state index is -0.316. The fourth-order valence-electron chi connectivity index (χ4n) is 2.74. The van der Waals surface area contributed by atoms with Crippen LogP contribution in [-0.4, -0.2) is 21.8 Å². The van der Waals surface area contributed by atoms with Crippen molar-refractivity contribution < 1.29 is 9.59 Å². The number of hydrogen-bond acceptors (Lipinski definition) is 5. The standard InChI is InChI=1S/C21H21N5O2/c1-13-8-14(2)10-18(9-13)26-21(28)19-11-23-20(12-22-19)25-17-6-4-16(5-7-17)24-15(3)27/h4-12H,1-3H3,(H,23,25)(H,24,27)(H,26,28). The van der Waals surface area contributed by atoms with Gasteiger partial charge in [0.2, 0.25) is 5.91 Å². The zero-order chi connectivity index (χ0) is 20.1. The summed E-state index contributed by atoms with van der Waals surface area (Å²) in [7, 11) is 0. The second-order valence-corrected chi connectivity index (χ2v) is 6.50. The van der Waals surface area contributed by atoms with Crippen LogP contribution < -0.4 is 16.0 Å². The van der Waals surface area contributed by atoms with Crippen LogP contribution in [0, 0.1) is 13.8 Å². The first kappa shape index (κ1) is 19.0. The SMILES string of the molecule is CC(=O)Nc1ccc(Nc2cnc(C(=O)Nc3cc(C)cc(C)c3)cn2)cc1. The number of anilines is 4. The van der Waals surface area contributed by atoms with Crippen molar-refractivity contribution in [2.75, 3.05) is 16.0 Å². The summed E-state index contributed by atoms with van der Waals surface area (Å²) in [6.45, 7) is 5.41. The van der Waals surface area contributed by atoms with Crippen LogP contribution >= 0.6 is 0 Å². The van der Waals surface area contributed by atoms with Crippen molar-refractivity contribution in [1.29, 1.82) is 0 Å². The van der Waals surface area contributed by atoms with E-state index in [1.807, 2.05) is 44.2 Å². The molecule has 3 rings (SSSR count). The molecule has 0 aliphatic heterocycles. The molecule has 0 saturated heterocycles. The molecule has 7 nitrogen and oxygen atoms in total. The van der Waals surface area contributed by atoms with E-state index in [0.717, 1.165) is 22.5 Å². The highest BCUT2D eigenvalue weighted by Crippen LogP contribution is 2.18. The van der Waals surface area contributed by atoms with Gasteiger partial charge in [-0.15, -0.1) is 0 Å². The van der Waals surface area contributed by atoms with Crippen molar-refractivity contribution in [2.24, 2.45) is 0 Å². The van der Waals surface area contributed by atoms with Crippen molar-refractivity contribution in [2.45, 2.75) is 20.8 Å². The van der Waals surface area contributed by atoms with Gasteiger partial charge in [0.1, 0.15) is 11.5 Å². The number of aryl methyl sites for hydroxylation is 2. The third kappa shape index (κ3) is 5.14. The maximum Gasteiger partial charge on any atom is 0.275 e. The molecule has 0 aliphatic rings. The first-order chi connectivity index (χ1) is 13.4. The minimum Gasteiger partial charge on any atom is -0.339 e. The maximum atomic E-state index is 12.4. The molecule has 0 radical (unpaired) electrons. The summed E-state index contributed by atoms with van der Waals surface area (Å²) in [6.07, 6.45) is 2.92. The Kier molecular flexibility index (Phi) is 5.64. The Morgan fingerprint density at radius 2 is 1.43 bits per heavy atom. The Morgan fingerprint density at radius 3 is 2.00 bits per heavy atom. The minimum absolute atomic E-state index is 0.124. The number of aromatic nitrogens is 2. The van der Waals surface area contributed by atoms with Crippen LogP contribution in [0.15, 0.2) is 54.9 Å². The van der Waals surface area contributed by atoms with Crippen LogP contribution in [0.5, 0.6) is 0 Å². The number of carbonyl (C=O) groups is 2. The van der Waals surface area contributed by atoms with Gasteiger partial charge in [0, 0.05) is 24.0 Å². The summed E-state index contributed by atoms with van der Waals surface area (Å²) in [5.41, 5.74) is 4.60. The molecule has 1 heterocycles. The van der Waals surface area contributed by atoms with Crippen molar-refractivity contribution in [3.63, 3.8) is 0 Å². The topological polar surface area (TPSA) is 96.0 Å². The van der Waals surface area contributed by atoms with Crippen LogP contribution in [0.2, 0.25) is 0 Å².